The summed E-state index contributed by atoms with van der Waals surface area (Å²) in [5.41, 5.74) is 1.11. The number of rotatable bonds is 5. The van der Waals surface area contributed by atoms with E-state index < -0.39 is 0 Å². The summed E-state index contributed by atoms with van der Waals surface area (Å²) >= 11 is 0. The third-order valence-electron chi connectivity index (χ3n) is 2.68. The summed E-state index contributed by atoms with van der Waals surface area (Å²) in [6.45, 7) is 3.27. The van der Waals surface area contributed by atoms with E-state index in [4.69, 9.17) is 4.74 Å². The van der Waals surface area contributed by atoms with Gasteiger partial charge in [-0.05, 0) is 25.0 Å². The van der Waals surface area contributed by atoms with E-state index in [0.29, 0.717) is 13.1 Å². The zero-order valence-corrected chi connectivity index (χ0v) is 10.7. The minimum Gasteiger partial charge on any atom is -0.496 e. The van der Waals surface area contributed by atoms with Crippen molar-refractivity contribution >= 4 is 6.03 Å². The maximum atomic E-state index is 11.5. The molecule has 0 aliphatic carbocycles. The number of carbonyl (C=O) groups excluding carboxylic acids is 1. The van der Waals surface area contributed by atoms with Crippen LogP contribution in [0.25, 0.3) is 0 Å². The van der Waals surface area contributed by atoms with Crippen LogP contribution in [0.1, 0.15) is 12.5 Å². The van der Waals surface area contributed by atoms with Gasteiger partial charge < -0.3 is 15.0 Å². The zero-order chi connectivity index (χ0) is 12.7. The number of nitrogens with one attached hydrogen (secondary N) is 1. The molecule has 0 saturated heterocycles. The smallest absolute Gasteiger partial charge is 0.317 e. The van der Waals surface area contributed by atoms with Gasteiger partial charge in [0.1, 0.15) is 5.75 Å². The summed E-state index contributed by atoms with van der Waals surface area (Å²) < 4.78 is 5.25. The van der Waals surface area contributed by atoms with E-state index in [1.54, 1.807) is 19.1 Å². The van der Waals surface area contributed by atoms with Crippen LogP contribution in [0.3, 0.4) is 0 Å². The fraction of sp³-hybridized carbons (Fsp3) is 0.462. The number of hydrogen-bond donors (Lipinski definition) is 1. The highest BCUT2D eigenvalue weighted by Gasteiger charge is 2.06. The average molecular weight is 236 g/mol. The second-order valence-corrected chi connectivity index (χ2v) is 3.81. The molecule has 0 aliphatic rings. The molecule has 0 aliphatic heterocycles. The summed E-state index contributed by atoms with van der Waals surface area (Å²) in [4.78, 5) is 13.1. The first-order valence-electron chi connectivity index (χ1n) is 5.80. The highest BCUT2D eigenvalue weighted by molar-refractivity contribution is 5.73. The van der Waals surface area contributed by atoms with Crippen molar-refractivity contribution in [3.8, 4) is 5.75 Å². The molecule has 0 fully saturated rings. The minimum atomic E-state index is -0.0394. The van der Waals surface area contributed by atoms with Crippen LogP contribution in [0.15, 0.2) is 24.3 Å². The molecule has 4 heteroatoms. The van der Waals surface area contributed by atoms with Gasteiger partial charge in [0.15, 0.2) is 0 Å². The van der Waals surface area contributed by atoms with Gasteiger partial charge in [-0.2, -0.15) is 0 Å². The van der Waals surface area contributed by atoms with Crippen LogP contribution in [0.2, 0.25) is 0 Å². The van der Waals surface area contributed by atoms with E-state index >= 15 is 0 Å². The molecule has 0 atom stereocenters. The molecule has 1 aromatic carbocycles. The fourth-order valence-electron chi connectivity index (χ4n) is 1.49. The second kappa shape index (κ2) is 6.78. The van der Waals surface area contributed by atoms with Crippen molar-refractivity contribution in [2.24, 2.45) is 0 Å². The lowest BCUT2D eigenvalue weighted by molar-refractivity contribution is 0.211. The lowest BCUT2D eigenvalue weighted by Crippen LogP contribution is -2.37. The molecule has 1 N–H and O–H groups in total. The van der Waals surface area contributed by atoms with Crippen molar-refractivity contribution < 1.29 is 9.53 Å². The van der Waals surface area contributed by atoms with Crippen molar-refractivity contribution in [1.82, 2.24) is 10.2 Å². The van der Waals surface area contributed by atoms with Crippen molar-refractivity contribution in [3.63, 3.8) is 0 Å². The molecular weight excluding hydrogens is 216 g/mol. The Hall–Kier alpha value is -1.71. The third-order valence-corrected chi connectivity index (χ3v) is 2.68. The van der Waals surface area contributed by atoms with Crippen LogP contribution in [0.4, 0.5) is 4.79 Å². The first kappa shape index (κ1) is 13.4. The molecule has 0 saturated carbocycles. The molecule has 17 heavy (non-hydrogen) atoms. The Labute approximate surface area is 103 Å². The van der Waals surface area contributed by atoms with E-state index in [1.807, 2.05) is 31.2 Å². The zero-order valence-electron chi connectivity index (χ0n) is 10.7. The van der Waals surface area contributed by atoms with Gasteiger partial charge in [0.25, 0.3) is 0 Å². The van der Waals surface area contributed by atoms with Gasteiger partial charge in [-0.3, -0.25) is 0 Å². The van der Waals surface area contributed by atoms with Crippen LogP contribution in [0.5, 0.6) is 5.75 Å². The SMILES string of the molecule is CCN(C)C(=O)NCCc1ccccc1OC. The molecular formula is C13H20N2O2. The fourth-order valence-corrected chi connectivity index (χ4v) is 1.49. The lowest BCUT2D eigenvalue weighted by Gasteiger charge is -2.15. The summed E-state index contributed by atoms with van der Waals surface area (Å²) in [7, 11) is 3.43. The molecule has 1 rings (SSSR count). The normalized spacial score (nSPS) is 9.82. The molecule has 0 radical (unpaired) electrons. The topological polar surface area (TPSA) is 41.6 Å². The molecule has 94 valence electrons. The maximum Gasteiger partial charge on any atom is 0.317 e. The summed E-state index contributed by atoms with van der Waals surface area (Å²) in [5, 5.41) is 2.86. The average Bonchev–Trinajstić information content (AvgIpc) is 2.38. The maximum absolute atomic E-state index is 11.5. The minimum absolute atomic E-state index is 0.0394. The Bertz CT molecular complexity index is 366. The molecule has 1 aromatic rings. The summed E-state index contributed by atoms with van der Waals surface area (Å²) in [6.07, 6.45) is 0.771. The van der Waals surface area contributed by atoms with Gasteiger partial charge in [0, 0.05) is 20.1 Å². The van der Waals surface area contributed by atoms with E-state index in [0.717, 1.165) is 17.7 Å². The monoisotopic (exact) mass is 236 g/mol. The second-order valence-electron chi connectivity index (χ2n) is 3.81. The Balaban J connectivity index is 2.43. The standard InChI is InChI=1S/C13H20N2O2/c1-4-15(2)13(16)14-10-9-11-7-5-6-8-12(11)17-3/h5-8H,4,9-10H2,1-3H3,(H,14,16). The largest absolute Gasteiger partial charge is 0.496 e. The quantitative estimate of drug-likeness (QED) is 0.848. The van der Waals surface area contributed by atoms with E-state index in [9.17, 15) is 4.79 Å². The van der Waals surface area contributed by atoms with E-state index in [-0.39, 0.29) is 6.03 Å². The highest BCUT2D eigenvalue weighted by atomic mass is 16.5. The van der Waals surface area contributed by atoms with Crippen molar-refractivity contribution in [3.05, 3.63) is 29.8 Å². The van der Waals surface area contributed by atoms with Gasteiger partial charge in [-0.15, -0.1) is 0 Å². The Morgan fingerprint density at radius 1 is 1.41 bits per heavy atom. The predicted octanol–water partition coefficient (Wildman–Crippen LogP) is 1.90. The Morgan fingerprint density at radius 2 is 2.12 bits per heavy atom. The third kappa shape index (κ3) is 3.98. The van der Waals surface area contributed by atoms with Crippen LogP contribution in [-0.2, 0) is 6.42 Å². The van der Waals surface area contributed by atoms with Crippen LogP contribution in [0, 0.1) is 0 Å². The summed E-state index contributed by atoms with van der Waals surface area (Å²) in [6, 6.07) is 7.80. The molecule has 2 amide bonds. The number of methoxy groups -OCH3 is 1. The molecule has 0 heterocycles. The predicted molar refractivity (Wildman–Crippen MR) is 68.4 cm³/mol. The van der Waals surface area contributed by atoms with Gasteiger partial charge in [0.2, 0.25) is 0 Å². The van der Waals surface area contributed by atoms with E-state index in [2.05, 4.69) is 5.32 Å². The number of amides is 2. The van der Waals surface area contributed by atoms with Crippen molar-refractivity contribution in [2.45, 2.75) is 13.3 Å². The first-order valence-corrected chi connectivity index (χ1v) is 5.80. The van der Waals surface area contributed by atoms with Gasteiger partial charge in [-0.1, -0.05) is 18.2 Å². The van der Waals surface area contributed by atoms with Gasteiger partial charge >= 0.3 is 6.03 Å². The van der Waals surface area contributed by atoms with Crippen LogP contribution < -0.4 is 10.1 Å². The van der Waals surface area contributed by atoms with Crippen LogP contribution in [-0.4, -0.2) is 38.2 Å². The molecule has 0 spiro atoms. The number of ether oxygens (including phenoxy) is 1. The lowest BCUT2D eigenvalue weighted by atomic mass is 10.1. The number of benzene rings is 1. The number of carbonyl (C=O) groups is 1. The molecule has 0 aromatic heterocycles. The van der Waals surface area contributed by atoms with Gasteiger partial charge in [-0.25, -0.2) is 4.79 Å². The number of nitrogens with zero attached hydrogens (tertiary/aromatic N) is 1. The van der Waals surface area contributed by atoms with E-state index in [1.165, 1.54) is 0 Å². The molecule has 0 bridgehead atoms. The van der Waals surface area contributed by atoms with Crippen molar-refractivity contribution in [2.75, 3.05) is 27.2 Å². The van der Waals surface area contributed by atoms with Crippen LogP contribution >= 0.6 is 0 Å². The Kier molecular flexibility index (Phi) is 5.33. The molecule has 4 nitrogen and oxygen atoms in total. The number of para-hydroxylation sites is 1. The van der Waals surface area contributed by atoms with Gasteiger partial charge in [0.05, 0.1) is 7.11 Å². The molecule has 0 unspecified atom stereocenters. The highest BCUT2D eigenvalue weighted by Crippen LogP contribution is 2.17. The van der Waals surface area contributed by atoms with Crippen molar-refractivity contribution in [1.29, 1.82) is 0 Å². The number of urea groups is 1. The summed E-state index contributed by atoms with van der Waals surface area (Å²) in [5.74, 6) is 0.866. The number of hydrogen-bond acceptors (Lipinski definition) is 2. The Morgan fingerprint density at radius 3 is 2.76 bits per heavy atom. The first-order chi connectivity index (χ1) is 8.19.